The Labute approximate surface area is 137 Å². The normalized spacial score (nSPS) is 21.4. The monoisotopic (exact) mass is 328 g/mol. The zero-order valence-corrected chi connectivity index (χ0v) is 12.9. The third-order valence-corrected chi connectivity index (χ3v) is 4.35. The standard InChI is InChI=1S/C16H17FN6O/c17-13-3-1-2-4-14(13)23-7-5-12(20-23)10-22-8-6-16(24,11-22)15-9-18-21-19-15/h1-5,7,9,24H,6,8,10-11H2,(H,18,19,21). The fourth-order valence-corrected chi connectivity index (χ4v) is 3.09. The predicted molar refractivity (Wildman–Crippen MR) is 83.7 cm³/mol. The Bertz CT molecular complexity index is 833. The first-order chi connectivity index (χ1) is 11.6. The maximum absolute atomic E-state index is 13.8. The Balaban J connectivity index is 1.47. The Hall–Kier alpha value is -2.58. The lowest BCUT2D eigenvalue weighted by molar-refractivity contribution is 0.0407. The minimum absolute atomic E-state index is 0.311. The van der Waals surface area contributed by atoms with Gasteiger partial charge in [0.2, 0.25) is 0 Å². The number of aromatic nitrogens is 5. The van der Waals surface area contributed by atoms with E-state index in [0.717, 1.165) is 12.2 Å². The summed E-state index contributed by atoms with van der Waals surface area (Å²) in [7, 11) is 0. The number of rotatable bonds is 4. The number of benzene rings is 1. The highest BCUT2D eigenvalue weighted by Crippen LogP contribution is 2.30. The van der Waals surface area contributed by atoms with Gasteiger partial charge in [0.25, 0.3) is 0 Å². The predicted octanol–water partition coefficient (Wildman–Crippen LogP) is 1.22. The maximum atomic E-state index is 13.8. The molecule has 1 saturated heterocycles. The number of nitrogens with one attached hydrogen (secondary N) is 1. The zero-order chi connectivity index (χ0) is 16.6. The summed E-state index contributed by atoms with van der Waals surface area (Å²) >= 11 is 0. The van der Waals surface area contributed by atoms with E-state index in [0.29, 0.717) is 30.9 Å². The average molecular weight is 328 g/mol. The number of β-amino-alcohol motifs (C(OH)–C–C–N with tert-alkyl or cyclic N) is 1. The molecule has 0 aliphatic carbocycles. The van der Waals surface area contributed by atoms with E-state index in [1.54, 1.807) is 30.6 Å². The topological polar surface area (TPSA) is 82.9 Å². The van der Waals surface area contributed by atoms with Gasteiger partial charge in [0.15, 0.2) is 0 Å². The Morgan fingerprint density at radius 3 is 2.96 bits per heavy atom. The molecule has 1 fully saturated rings. The minimum Gasteiger partial charge on any atom is -0.382 e. The molecule has 3 aromatic rings. The fraction of sp³-hybridized carbons (Fsp3) is 0.312. The second-order valence-corrected chi connectivity index (χ2v) is 6.05. The van der Waals surface area contributed by atoms with Crippen molar-refractivity contribution in [1.82, 2.24) is 30.1 Å². The van der Waals surface area contributed by atoms with Gasteiger partial charge in [0.1, 0.15) is 22.8 Å². The van der Waals surface area contributed by atoms with Crippen LogP contribution in [0.4, 0.5) is 4.39 Å². The molecule has 0 amide bonds. The van der Waals surface area contributed by atoms with Crippen molar-refractivity contribution in [2.45, 2.75) is 18.6 Å². The van der Waals surface area contributed by atoms with Crippen LogP contribution in [-0.2, 0) is 12.1 Å². The summed E-state index contributed by atoms with van der Waals surface area (Å²) in [4.78, 5) is 2.10. The number of likely N-dealkylation sites (tertiary alicyclic amines) is 1. The lowest BCUT2D eigenvalue weighted by Crippen LogP contribution is -2.31. The van der Waals surface area contributed by atoms with Crippen molar-refractivity contribution in [1.29, 1.82) is 0 Å². The molecule has 2 aromatic heterocycles. The van der Waals surface area contributed by atoms with Gasteiger partial charge in [-0.25, -0.2) is 9.07 Å². The third kappa shape index (κ3) is 2.70. The van der Waals surface area contributed by atoms with Crippen LogP contribution in [0.5, 0.6) is 0 Å². The van der Waals surface area contributed by atoms with Crippen LogP contribution in [0, 0.1) is 5.82 Å². The van der Waals surface area contributed by atoms with Gasteiger partial charge in [-0.05, 0) is 24.6 Å². The molecule has 8 heteroatoms. The van der Waals surface area contributed by atoms with Crippen LogP contribution in [0.2, 0.25) is 0 Å². The van der Waals surface area contributed by atoms with Gasteiger partial charge in [-0.2, -0.15) is 20.5 Å². The average Bonchev–Trinajstić information content (AvgIpc) is 3.30. The number of hydrogen-bond donors (Lipinski definition) is 2. The molecule has 0 bridgehead atoms. The van der Waals surface area contributed by atoms with E-state index in [2.05, 4.69) is 25.4 Å². The summed E-state index contributed by atoms with van der Waals surface area (Å²) in [5.74, 6) is -0.311. The van der Waals surface area contributed by atoms with Crippen molar-refractivity contribution in [2.24, 2.45) is 0 Å². The molecule has 1 aliphatic rings. The highest BCUT2D eigenvalue weighted by molar-refractivity contribution is 5.32. The molecular weight excluding hydrogens is 311 g/mol. The maximum Gasteiger partial charge on any atom is 0.148 e. The fourth-order valence-electron chi connectivity index (χ4n) is 3.09. The first kappa shape index (κ1) is 15.0. The molecule has 1 aromatic carbocycles. The van der Waals surface area contributed by atoms with E-state index >= 15 is 0 Å². The van der Waals surface area contributed by atoms with Crippen LogP contribution >= 0.6 is 0 Å². The van der Waals surface area contributed by atoms with Crippen LogP contribution in [-0.4, -0.2) is 48.3 Å². The zero-order valence-electron chi connectivity index (χ0n) is 12.9. The van der Waals surface area contributed by atoms with Crippen LogP contribution in [0.1, 0.15) is 17.8 Å². The van der Waals surface area contributed by atoms with Crippen LogP contribution in [0.15, 0.2) is 42.7 Å². The molecule has 24 heavy (non-hydrogen) atoms. The smallest absolute Gasteiger partial charge is 0.148 e. The SMILES string of the molecule is OC1(c2cn[nH]n2)CCN(Cc2ccn(-c3ccccc3F)n2)C1. The molecule has 7 nitrogen and oxygen atoms in total. The number of hydrogen-bond acceptors (Lipinski definition) is 5. The molecule has 1 atom stereocenters. The Morgan fingerprint density at radius 2 is 2.17 bits per heavy atom. The Kier molecular flexibility index (Phi) is 3.62. The summed E-state index contributed by atoms with van der Waals surface area (Å²) in [6.07, 6.45) is 3.89. The molecule has 3 heterocycles. The van der Waals surface area contributed by atoms with Gasteiger partial charge < -0.3 is 5.11 Å². The van der Waals surface area contributed by atoms with Crippen LogP contribution in [0.25, 0.3) is 5.69 Å². The summed E-state index contributed by atoms with van der Waals surface area (Å²) in [6.45, 7) is 1.78. The largest absolute Gasteiger partial charge is 0.382 e. The van der Waals surface area contributed by atoms with Gasteiger partial charge in [-0.1, -0.05) is 12.1 Å². The van der Waals surface area contributed by atoms with Crippen molar-refractivity contribution in [2.75, 3.05) is 13.1 Å². The van der Waals surface area contributed by atoms with E-state index in [4.69, 9.17) is 0 Å². The molecule has 2 N–H and O–H groups in total. The molecule has 1 aliphatic heterocycles. The van der Waals surface area contributed by atoms with Crippen LogP contribution < -0.4 is 0 Å². The number of aromatic amines is 1. The van der Waals surface area contributed by atoms with Crippen molar-refractivity contribution in [3.63, 3.8) is 0 Å². The minimum atomic E-state index is -0.985. The second-order valence-electron chi connectivity index (χ2n) is 6.05. The van der Waals surface area contributed by atoms with E-state index < -0.39 is 5.60 Å². The van der Waals surface area contributed by atoms with E-state index in [1.165, 1.54) is 10.7 Å². The molecule has 0 saturated carbocycles. The van der Waals surface area contributed by atoms with E-state index in [9.17, 15) is 9.50 Å². The number of aliphatic hydroxyl groups is 1. The van der Waals surface area contributed by atoms with E-state index in [1.807, 2.05) is 6.07 Å². The highest BCUT2D eigenvalue weighted by atomic mass is 19.1. The third-order valence-electron chi connectivity index (χ3n) is 4.35. The summed E-state index contributed by atoms with van der Waals surface area (Å²) in [5, 5.41) is 25.4. The molecule has 0 radical (unpaired) electrons. The number of para-hydroxylation sites is 1. The highest BCUT2D eigenvalue weighted by Gasteiger charge is 2.39. The molecule has 124 valence electrons. The summed E-state index contributed by atoms with van der Waals surface area (Å²) in [5.41, 5.74) is 0.815. The van der Waals surface area contributed by atoms with Crippen molar-refractivity contribution < 1.29 is 9.50 Å². The molecule has 4 rings (SSSR count). The van der Waals surface area contributed by atoms with Gasteiger partial charge in [0, 0.05) is 25.8 Å². The summed E-state index contributed by atoms with van der Waals surface area (Å²) < 4.78 is 15.4. The molecular formula is C16H17FN6O. The first-order valence-corrected chi connectivity index (χ1v) is 7.74. The number of H-pyrrole nitrogens is 1. The second kappa shape index (κ2) is 5.81. The lowest BCUT2D eigenvalue weighted by Gasteiger charge is -2.20. The van der Waals surface area contributed by atoms with Crippen LogP contribution in [0.3, 0.4) is 0 Å². The van der Waals surface area contributed by atoms with Gasteiger partial charge in [-0.15, -0.1) is 0 Å². The van der Waals surface area contributed by atoms with Crippen molar-refractivity contribution >= 4 is 0 Å². The lowest BCUT2D eigenvalue weighted by atomic mass is 10.0. The van der Waals surface area contributed by atoms with Gasteiger partial charge in [-0.3, -0.25) is 4.90 Å². The van der Waals surface area contributed by atoms with Gasteiger partial charge >= 0.3 is 0 Å². The number of nitrogens with zero attached hydrogens (tertiary/aromatic N) is 5. The quantitative estimate of drug-likeness (QED) is 0.752. The van der Waals surface area contributed by atoms with E-state index in [-0.39, 0.29) is 5.82 Å². The Morgan fingerprint density at radius 1 is 1.29 bits per heavy atom. The van der Waals surface area contributed by atoms with Gasteiger partial charge in [0.05, 0.1) is 11.9 Å². The van der Waals surface area contributed by atoms with Crippen molar-refractivity contribution in [3.05, 3.63) is 59.9 Å². The number of halogens is 1. The summed E-state index contributed by atoms with van der Waals surface area (Å²) in [6, 6.07) is 8.39. The molecule has 1 unspecified atom stereocenters. The first-order valence-electron chi connectivity index (χ1n) is 7.74. The molecule has 0 spiro atoms. The van der Waals surface area contributed by atoms with Crippen molar-refractivity contribution in [3.8, 4) is 5.69 Å².